The van der Waals surface area contributed by atoms with Crippen molar-refractivity contribution in [3.63, 3.8) is 0 Å². The lowest BCUT2D eigenvalue weighted by atomic mass is 10.1. The van der Waals surface area contributed by atoms with Gasteiger partial charge in [-0.25, -0.2) is 8.78 Å². The Hall–Kier alpha value is -1.65. The zero-order chi connectivity index (χ0) is 14.7. The summed E-state index contributed by atoms with van der Waals surface area (Å²) in [6.07, 6.45) is 0. The summed E-state index contributed by atoms with van der Waals surface area (Å²) >= 11 is 6.05. The predicted molar refractivity (Wildman–Crippen MR) is 78.0 cm³/mol. The molecule has 0 aliphatic rings. The molecule has 0 fully saturated rings. The van der Waals surface area contributed by atoms with Crippen molar-refractivity contribution in [1.29, 1.82) is 0 Å². The van der Waals surface area contributed by atoms with E-state index in [9.17, 15) is 8.78 Å². The minimum atomic E-state index is -0.885. The number of aryl methyl sites for hydroxylation is 1. The number of benzene rings is 2. The van der Waals surface area contributed by atoms with Crippen molar-refractivity contribution in [3.8, 4) is 0 Å². The predicted octanol–water partition coefficient (Wildman–Crippen LogP) is 4.04. The average Bonchev–Trinajstić information content (AvgIpc) is 2.43. The molecule has 0 bridgehead atoms. The molecule has 20 heavy (non-hydrogen) atoms. The number of hydrogen-bond acceptors (Lipinski definition) is 2. The van der Waals surface area contributed by atoms with Crippen LogP contribution in [-0.2, 0) is 0 Å². The Morgan fingerprint density at radius 2 is 1.90 bits per heavy atom. The van der Waals surface area contributed by atoms with Crippen LogP contribution in [0.3, 0.4) is 0 Å². The van der Waals surface area contributed by atoms with Gasteiger partial charge >= 0.3 is 0 Å². The maximum Gasteiger partial charge on any atom is 0.159 e. The fourth-order valence-corrected chi connectivity index (χ4v) is 2.07. The van der Waals surface area contributed by atoms with Crippen LogP contribution in [0.25, 0.3) is 0 Å². The summed E-state index contributed by atoms with van der Waals surface area (Å²) in [5.41, 5.74) is 8.03. The third kappa shape index (κ3) is 3.26. The molecule has 1 unspecified atom stereocenters. The standard InChI is InChI=1S/C15H15ClF2N2/c1-9-2-4-11(7-12(9)16)20-15(8-19)10-3-5-13(17)14(18)6-10/h2-7,15,20H,8,19H2,1H3. The third-order valence-corrected chi connectivity index (χ3v) is 3.50. The van der Waals surface area contributed by atoms with Gasteiger partial charge in [-0.05, 0) is 42.3 Å². The Kier molecular flexibility index (Phi) is 4.57. The van der Waals surface area contributed by atoms with Gasteiger partial charge in [-0.1, -0.05) is 23.7 Å². The highest BCUT2D eigenvalue weighted by Crippen LogP contribution is 2.24. The molecule has 3 N–H and O–H groups in total. The highest BCUT2D eigenvalue weighted by atomic mass is 35.5. The summed E-state index contributed by atoms with van der Waals surface area (Å²) < 4.78 is 26.2. The lowest BCUT2D eigenvalue weighted by Gasteiger charge is -2.19. The first-order chi connectivity index (χ1) is 9.51. The molecule has 1 atom stereocenters. The summed E-state index contributed by atoms with van der Waals surface area (Å²) in [5.74, 6) is -1.76. The van der Waals surface area contributed by atoms with Gasteiger partial charge in [0.1, 0.15) is 0 Å². The minimum Gasteiger partial charge on any atom is -0.377 e. The van der Waals surface area contributed by atoms with Gasteiger partial charge in [0.25, 0.3) is 0 Å². The molecule has 2 aromatic carbocycles. The number of nitrogens with one attached hydrogen (secondary N) is 1. The minimum absolute atomic E-state index is 0.247. The van der Waals surface area contributed by atoms with Gasteiger partial charge in [0, 0.05) is 17.3 Å². The third-order valence-electron chi connectivity index (χ3n) is 3.09. The topological polar surface area (TPSA) is 38.0 Å². The van der Waals surface area contributed by atoms with Crippen LogP contribution in [0.1, 0.15) is 17.2 Å². The SMILES string of the molecule is Cc1ccc(NC(CN)c2ccc(F)c(F)c2)cc1Cl. The molecule has 5 heteroatoms. The lowest BCUT2D eigenvalue weighted by Crippen LogP contribution is -2.20. The average molecular weight is 297 g/mol. The molecule has 2 rings (SSSR count). The van der Waals surface area contributed by atoms with E-state index in [1.54, 1.807) is 6.07 Å². The van der Waals surface area contributed by atoms with E-state index in [0.717, 1.165) is 23.4 Å². The second-order valence-electron chi connectivity index (χ2n) is 4.57. The molecule has 0 saturated heterocycles. The second kappa shape index (κ2) is 6.20. The van der Waals surface area contributed by atoms with E-state index < -0.39 is 11.6 Å². The van der Waals surface area contributed by atoms with Crippen molar-refractivity contribution >= 4 is 17.3 Å². The van der Waals surface area contributed by atoms with Crippen LogP contribution in [0.4, 0.5) is 14.5 Å². The van der Waals surface area contributed by atoms with Crippen molar-refractivity contribution in [2.24, 2.45) is 5.73 Å². The van der Waals surface area contributed by atoms with Crippen molar-refractivity contribution in [3.05, 3.63) is 64.2 Å². The Bertz CT molecular complexity index is 617. The first-order valence-corrected chi connectivity index (χ1v) is 6.56. The molecular formula is C15H15ClF2N2. The fourth-order valence-electron chi connectivity index (χ4n) is 1.89. The smallest absolute Gasteiger partial charge is 0.159 e. The van der Waals surface area contributed by atoms with Gasteiger partial charge < -0.3 is 11.1 Å². The monoisotopic (exact) mass is 296 g/mol. The maximum atomic E-state index is 13.3. The highest BCUT2D eigenvalue weighted by molar-refractivity contribution is 6.31. The first kappa shape index (κ1) is 14.8. The molecule has 2 aromatic rings. The number of rotatable bonds is 4. The summed E-state index contributed by atoms with van der Waals surface area (Å²) in [4.78, 5) is 0. The lowest BCUT2D eigenvalue weighted by molar-refractivity contribution is 0.506. The number of nitrogens with two attached hydrogens (primary N) is 1. The van der Waals surface area contributed by atoms with E-state index >= 15 is 0 Å². The molecule has 0 saturated carbocycles. The van der Waals surface area contributed by atoms with Gasteiger partial charge in [-0.3, -0.25) is 0 Å². The quantitative estimate of drug-likeness (QED) is 0.893. The van der Waals surface area contributed by atoms with Crippen LogP contribution in [0.2, 0.25) is 5.02 Å². The Labute approximate surface area is 121 Å². The van der Waals surface area contributed by atoms with E-state index in [-0.39, 0.29) is 12.6 Å². The van der Waals surface area contributed by atoms with Crippen LogP contribution in [0.5, 0.6) is 0 Å². The van der Waals surface area contributed by atoms with Crippen molar-refractivity contribution < 1.29 is 8.78 Å². The normalized spacial score (nSPS) is 12.2. The van der Waals surface area contributed by atoms with Gasteiger partial charge in [-0.2, -0.15) is 0 Å². The van der Waals surface area contributed by atoms with Crippen LogP contribution in [0, 0.1) is 18.6 Å². The van der Waals surface area contributed by atoms with Crippen LogP contribution < -0.4 is 11.1 Å². The highest BCUT2D eigenvalue weighted by Gasteiger charge is 2.12. The molecule has 0 heterocycles. The molecule has 106 valence electrons. The molecule has 0 aromatic heterocycles. The first-order valence-electron chi connectivity index (χ1n) is 6.19. The molecule has 0 aliphatic carbocycles. The summed E-state index contributed by atoms with van der Waals surface area (Å²) in [6.45, 7) is 2.15. The largest absolute Gasteiger partial charge is 0.377 e. The van der Waals surface area contributed by atoms with Crippen LogP contribution in [0.15, 0.2) is 36.4 Å². The van der Waals surface area contributed by atoms with Crippen molar-refractivity contribution in [1.82, 2.24) is 0 Å². The fraction of sp³-hybridized carbons (Fsp3) is 0.200. The second-order valence-corrected chi connectivity index (χ2v) is 4.98. The van der Waals surface area contributed by atoms with E-state index in [1.165, 1.54) is 6.07 Å². The molecule has 0 aliphatic heterocycles. The maximum absolute atomic E-state index is 13.3. The zero-order valence-corrected chi connectivity index (χ0v) is 11.7. The summed E-state index contributed by atoms with van der Waals surface area (Å²) in [6, 6.07) is 8.96. The van der Waals surface area contributed by atoms with Gasteiger partial charge in [-0.15, -0.1) is 0 Å². The Morgan fingerprint density at radius 3 is 2.50 bits per heavy atom. The summed E-state index contributed by atoms with van der Waals surface area (Å²) in [7, 11) is 0. The molecular weight excluding hydrogens is 282 g/mol. The van der Waals surface area contributed by atoms with Crippen molar-refractivity contribution in [2.75, 3.05) is 11.9 Å². The van der Waals surface area contributed by atoms with E-state index in [4.69, 9.17) is 17.3 Å². The number of anilines is 1. The molecule has 2 nitrogen and oxygen atoms in total. The Morgan fingerprint density at radius 1 is 1.15 bits per heavy atom. The zero-order valence-electron chi connectivity index (χ0n) is 11.0. The molecule has 0 spiro atoms. The Balaban J connectivity index is 2.23. The molecule has 0 radical (unpaired) electrons. The van der Waals surface area contributed by atoms with Gasteiger partial charge in [0.15, 0.2) is 11.6 Å². The number of halogens is 3. The molecule has 0 amide bonds. The van der Waals surface area contributed by atoms with Gasteiger partial charge in [0.2, 0.25) is 0 Å². The summed E-state index contributed by atoms with van der Waals surface area (Å²) in [5, 5.41) is 3.80. The van der Waals surface area contributed by atoms with E-state index in [2.05, 4.69) is 5.32 Å². The van der Waals surface area contributed by atoms with Crippen LogP contribution in [-0.4, -0.2) is 6.54 Å². The van der Waals surface area contributed by atoms with E-state index in [1.807, 2.05) is 19.1 Å². The van der Waals surface area contributed by atoms with Gasteiger partial charge in [0.05, 0.1) is 6.04 Å². The van der Waals surface area contributed by atoms with Crippen molar-refractivity contribution in [2.45, 2.75) is 13.0 Å². The number of hydrogen-bond donors (Lipinski definition) is 2. The van der Waals surface area contributed by atoms with Crippen LogP contribution >= 0.6 is 11.6 Å². The van der Waals surface area contributed by atoms with E-state index in [0.29, 0.717) is 10.6 Å².